The van der Waals surface area contributed by atoms with E-state index in [-0.39, 0.29) is 17.6 Å². The summed E-state index contributed by atoms with van der Waals surface area (Å²) < 4.78 is 5.41. The average Bonchev–Trinajstić information content (AvgIpc) is 3.28. The Morgan fingerprint density at radius 3 is 2.29 bits per heavy atom. The van der Waals surface area contributed by atoms with Gasteiger partial charge in [-0.3, -0.25) is 14.9 Å². The van der Waals surface area contributed by atoms with Crippen LogP contribution in [0.5, 0.6) is 0 Å². The summed E-state index contributed by atoms with van der Waals surface area (Å²) in [6.45, 7) is 0. The number of non-ortho nitro benzene ring substituents is 1. The summed E-state index contributed by atoms with van der Waals surface area (Å²) in [5, 5.41) is 11.2. The van der Waals surface area contributed by atoms with Gasteiger partial charge in [0.25, 0.3) is 5.69 Å². The SMILES string of the molecule is O=C(c1ccc([N+](=O)[O-])cc1)C1OC1c1ccc(Cl)cc1. The maximum absolute atomic E-state index is 12.2. The Hall–Kier alpha value is -2.24. The van der Waals surface area contributed by atoms with Crippen LogP contribution in [0.15, 0.2) is 48.5 Å². The summed E-state index contributed by atoms with van der Waals surface area (Å²) in [5.41, 5.74) is 1.25. The molecule has 0 aromatic heterocycles. The van der Waals surface area contributed by atoms with Gasteiger partial charge in [0.15, 0.2) is 11.9 Å². The van der Waals surface area contributed by atoms with Crippen molar-refractivity contribution >= 4 is 23.1 Å². The number of carbonyl (C=O) groups is 1. The minimum Gasteiger partial charge on any atom is -0.356 e. The van der Waals surface area contributed by atoms with Crippen molar-refractivity contribution in [3.8, 4) is 0 Å². The van der Waals surface area contributed by atoms with Gasteiger partial charge >= 0.3 is 0 Å². The predicted molar refractivity (Wildman–Crippen MR) is 76.5 cm³/mol. The second kappa shape index (κ2) is 5.27. The Labute approximate surface area is 125 Å². The molecule has 0 bridgehead atoms. The van der Waals surface area contributed by atoms with E-state index in [9.17, 15) is 14.9 Å². The van der Waals surface area contributed by atoms with E-state index in [1.54, 1.807) is 12.1 Å². The molecule has 106 valence electrons. The number of carbonyl (C=O) groups excluding carboxylic acids is 1. The third-order valence-corrected chi connectivity index (χ3v) is 3.56. The van der Waals surface area contributed by atoms with Crippen LogP contribution in [0.2, 0.25) is 5.02 Å². The molecular formula is C15H10ClNO4. The van der Waals surface area contributed by atoms with Crippen LogP contribution in [0.25, 0.3) is 0 Å². The molecule has 3 rings (SSSR count). The van der Waals surface area contributed by atoms with E-state index in [1.165, 1.54) is 24.3 Å². The number of halogens is 1. The van der Waals surface area contributed by atoms with Crippen molar-refractivity contribution in [3.05, 3.63) is 74.8 Å². The Kier molecular flexibility index (Phi) is 3.45. The summed E-state index contributed by atoms with van der Waals surface area (Å²) in [5.74, 6) is -0.176. The number of benzene rings is 2. The number of nitrogens with zero attached hydrogens (tertiary/aromatic N) is 1. The number of ether oxygens (including phenoxy) is 1. The number of hydrogen-bond acceptors (Lipinski definition) is 4. The van der Waals surface area contributed by atoms with Crippen molar-refractivity contribution < 1.29 is 14.5 Å². The van der Waals surface area contributed by atoms with Gasteiger partial charge in [-0.2, -0.15) is 0 Å². The zero-order valence-corrected chi connectivity index (χ0v) is 11.5. The van der Waals surface area contributed by atoms with Crippen LogP contribution >= 0.6 is 11.6 Å². The minimum absolute atomic E-state index is 0.0440. The van der Waals surface area contributed by atoms with E-state index in [0.717, 1.165) is 5.56 Å². The molecule has 21 heavy (non-hydrogen) atoms. The van der Waals surface area contributed by atoms with Crippen molar-refractivity contribution in [2.45, 2.75) is 12.2 Å². The van der Waals surface area contributed by atoms with Gasteiger partial charge in [0.1, 0.15) is 6.10 Å². The third-order valence-electron chi connectivity index (χ3n) is 3.31. The average molecular weight is 304 g/mol. The lowest BCUT2D eigenvalue weighted by Gasteiger charge is -1.98. The first kappa shape index (κ1) is 13.7. The number of epoxide rings is 1. The van der Waals surface area contributed by atoms with Crippen LogP contribution in [0.3, 0.4) is 0 Å². The molecular weight excluding hydrogens is 294 g/mol. The molecule has 0 spiro atoms. The molecule has 0 aliphatic carbocycles. The number of Topliss-reactive ketones (excluding diaryl/α,β-unsaturated/α-hetero) is 1. The standard InChI is InChI=1S/C15H10ClNO4/c16-11-5-1-10(2-6-11)14-15(21-14)13(18)9-3-7-12(8-4-9)17(19)20/h1-8,14-15H. The fourth-order valence-electron chi connectivity index (χ4n) is 2.13. The lowest BCUT2D eigenvalue weighted by molar-refractivity contribution is -0.384. The number of nitro benzene ring substituents is 1. The van der Waals surface area contributed by atoms with Crippen LogP contribution in [0.1, 0.15) is 22.0 Å². The fourth-order valence-corrected chi connectivity index (χ4v) is 2.26. The molecule has 1 aliphatic rings. The van der Waals surface area contributed by atoms with Crippen LogP contribution < -0.4 is 0 Å². The molecule has 2 unspecified atom stereocenters. The first-order valence-electron chi connectivity index (χ1n) is 6.26. The van der Waals surface area contributed by atoms with Gasteiger partial charge < -0.3 is 4.74 Å². The number of rotatable bonds is 4. The molecule has 5 nitrogen and oxygen atoms in total. The Bertz CT molecular complexity index is 697. The molecule has 0 amide bonds. The normalized spacial score (nSPS) is 20.0. The quantitative estimate of drug-likeness (QED) is 0.374. The zero-order valence-electron chi connectivity index (χ0n) is 10.7. The summed E-state index contributed by atoms with van der Waals surface area (Å²) in [6, 6.07) is 12.6. The Morgan fingerprint density at radius 2 is 1.71 bits per heavy atom. The number of hydrogen-bond donors (Lipinski definition) is 0. The zero-order chi connectivity index (χ0) is 15.0. The molecule has 6 heteroatoms. The van der Waals surface area contributed by atoms with Gasteiger partial charge in [0.05, 0.1) is 4.92 Å². The molecule has 0 N–H and O–H groups in total. The van der Waals surface area contributed by atoms with E-state index < -0.39 is 11.0 Å². The van der Waals surface area contributed by atoms with Gasteiger partial charge in [-0.05, 0) is 29.8 Å². The molecule has 1 aliphatic heterocycles. The maximum Gasteiger partial charge on any atom is 0.269 e. The highest BCUT2D eigenvalue weighted by molar-refractivity contribution is 6.30. The monoisotopic (exact) mass is 303 g/mol. The van der Waals surface area contributed by atoms with Gasteiger partial charge in [-0.25, -0.2) is 0 Å². The highest BCUT2D eigenvalue weighted by atomic mass is 35.5. The molecule has 1 heterocycles. The van der Waals surface area contributed by atoms with Crippen molar-refractivity contribution in [2.24, 2.45) is 0 Å². The molecule has 2 aromatic carbocycles. The van der Waals surface area contributed by atoms with Gasteiger partial charge in [0.2, 0.25) is 0 Å². The lowest BCUT2D eigenvalue weighted by Crippen LogP contribution is -2.08. The smallest absolute Gasteiger partial charge is 0.269 e. The van der Waals surface area contributed by atoms with Crippen LogP contribution in [0.4, 0.5) is 5.69 Å². The van der Waals surface area contributed by atoms with Crippen molar-refractivity contribution in [2.75, 3.05) is 0 Å². The number of nitro groups is 1. The van der Waals surface area contributed by atoms with Crippen molar-refractivity contribution in [1.29, 1.82) is 0 Å². The molecule has 0 radical (unpaired) electrons. The highest BCUT2D eigenvalue weighted by Gasteiger charge is 2.46. The fraction of sp³-hybridized carbons (Fsp3) is 0.133. The van der Waals surface area contributed by atoms with Crippen LogP contribution in [-0.2, 0) is 4.74 Å². The molecule has 1 saturated heterocycles. The summed E-state index contributed by atoms with van der Waals surface area (Å²) in [4.78, 5) is 22.3. The second-order valence-electron chi connectivity index (χ2n) is 4.70. The summed E-state index contributed by atoms with van der Waals surface area (Å²) in [6.07, 6.45) is -0.808. The topological polar surface area (TPSA) is 72.7 Å². The second-order valence-corrected chi connectivity index (χ2v) is 5.13. The molecule has 1 fully saturated rings. The Balaban J connectivity index is 1.72. The molecule has 2 atom stereocenters. The number of ketones is 1. The Morgan fingerprint density at radius 1 is 1.10 bits per heavy atom. The van der Waals surface area contributed by atoms with E-state index in [4.69, 9.17) is 16.3 Å². The molecule has 0 saturated carbocycles. The van der Waals surface area contributed by atoms with Crippen LogP contribution in [-0.4, -0.2) is 16.8 Å². The van der Waals surface area contributed by atoms with Crippen molar-refractivity contribution in [3.63, 3.8) is 0 Å². The van der Waals surface area contributed by atoms with Gasteiger partial charge in [0, 0.05) is 22.7 Å². The van der Waals surface area contributed by atoms with Gasteiger partial charge in [-0.15, -0.1) is 0 Å². The van der Waals surface area contributed by atoms with Gasteiger partial charge in [-0.1, -0.05) is 23.7 Å². The van der Waals surface area contributed by atoms with E-state index >= 15 is 0 Å². The first-order valence-corrected chi connectivity index (χ1v) is 6.63. The minimum atomic E-state index is -0.535. The van der Waals surface area contributed by atoms with E-state index in [1.807, 2.05) is 12.1 Å². The molecule has 2 aromatic rings. The summed E-state index contributed by atoms with van der Waals surface area (Å²) in [7, 11) is 0. The summed E-state index contributed by atoms with van der Waals surface area (Å²) >= 11 is 5.81. The van der Waals surface area contributed by atoms with E-state index in [0.29, 0.717) is 10.6 Å². The predicted octanol–water partition coefficient (Wildman–Crippen LogP) is 3.57. The van der Waals surface area contributed by atoms with Crippen LogP contribution in [0, 0.1) is 10.1 Å². The van der Waals surface area contributed by atoms with Crippen molar-refractivity contribution in [1.82, 2.24) is 0 Å². The maximum atomic E-state index is 12.2. The largest absolute Gasteiger partial charge is 0.356 e. The highest BCUT2D eigenvalue weighted by Crippen LogP contribution is 2.40. The third kappa shape index (κ3) is 2.79. The first-order chi connectivity index (χ1) is 10.1. The van der Waals surface area contributed by atoms with E-state index in [2.05, 4.69) is 0 Å². The lowest BCUT2D eigenvalue weighted by atomic mass is 10.0.